The second-order valence-electron chi connectivity index (χ2n) is 7.58. The van der Waals surface area contributed by atoms with Crippen LogP contribution in [-0.4, -0.2) is 19.1 Å². The van der Waals surface area contributed by atoms with Gasteiger partial charge in [0, 0.05) is 5.69 Å². The number of nitrogens with one attached hydrogen (secondary N) is 2. The van der Waals surface area contributed by atoms with Crippen LogP contribution in [-0.2, 0) is 4.74 Å². The number of carbonyl (C=O) groups excluding carboxylic acids is 2. The Hall–Kier alpha value is -4.65. The third kappa shape index (κ3) is 5.83. The summed E-state index contributed by atoms with van der Waals surface area (Å²) in [4.78, 5) is 25.0. The number of benzene rings is 4. The Balaban J connectivity index is 1.61. The van der Waals surface area contributed by atoms with Crippen molar-refractivity contribution in [2.75, 3.05) is 17.7 Å². The van der Waals surface area contributed by atoms with Crippen molar-refractivity contribution < 1.29 is 23.5 Å². The number of methoxy groups -OCH3 is 1. The smallest absolute Gasteiger partial charge is 0.341 e. The van der Waals surface area contributed by atoms with Gasteiger partial charge in [-0.2, -0.15) is 0 Å². The molecule has 2 amide bonds. The van der Waals surface area contributed by atoms with Gasteiger partial charge in [0.05, 0.1) is 12.8 Å². The maximum Gasteiger partial charge on any atom is 0.341 e. The first-order chi connectivity index (χ1) is 17.0. The number of carbonyl (C=O) groups is 2. The maximum absolute atomic E-state index is 13.8. The Labute approximate surface area is 202 Å². The molecule has 0 spiro atoms. The zero-order chi connectivity index (χ0) is 24.6. The predicted octanol–water partition coefficient (Wildman–Crippen LogP) is 6.42. The summed E-state index contributed by atoms with van der Waals surface area (Å²) in [5, 5.41) is 5.04. The number of para-hydroxylation sites is 1. The first-order valence-corrected chi connectivity index (χ1v) is 10.9. The molecule has 0 aliphatic heterocycles. The van der Waals surface area contributed by atoms with Crippen LogP contribution in [0.5, 0.6) is 5.75 Å². The van der Waals surface area contributed by atoms with E-state index in [1.54, 1.807) is 18.2 Å². The number of amides is 2. The van der Waals surface area contributed by atoms with Crippen LogP contribution in [0.3, 0.4) is 0 Å². The van der Waals surface area contributed by atoms with Crippen molar-refractivity contribution in [3.63, 3.8) is 0 Å². The summed E-state index contributed by atoms with van der Waals surface area (Å²) in [5.74, 6) is -0.901. The van der Waals surface area contributed by atoms with Gasteiger partial charge >= 0.3 is 12.0 Å². The summed E-state index contributed by atoms with van der Waals surface area (Å²) < 4.78 is 25.1. The summed E-state index contributed by atoms with van der Waals surface area (Å²) in [6.45, 7) is 0. The van der Waals surface area contributed by atoms with Crippen LogP contribution in [0.2, 0.25) is 0 Å². The zero-order valence-corrected chi connectivity index (χ0v) is 18.9. The lowest BCUT2D eigenvalue weighted by molar-refractivity contribution is 0.0594. The number of urea groups is 1. The van der Waals surface area contributed by atoms with Gasteiger partial charge in [0.2, 0.25) is 0 Å². The highest BCUT2D eigenvalue weighted by atomic mass is 19.1. The number of ether oxygens (including phenoxy) is 2. The summed E-state index contributed by atoms with van der Waals surface area (Å²) in [7, 11) is 1.27. The Bertz CT molecular complexity index is 1270. The summed E-state index contributed by atoms with van der Waals surface area (Å²) in [6, 6.07) is 29.0. The second-order valence-corrected chi connectivity index (χ2v) is 7.58. The molecule has 0 bridgehead atoms. The number of hydrogen-bond donors (Lipinski definition) is 2. The fourth-order valence-corrected chi connectivity index (χ4v) is 3.54. The standard InChI is InChI=1S/C28H23FN2O4/c1-34-27(32)22-18-21(30-28(33)31-24-15-9-8-14-23(24)29)16-17-25(22)35-26(19-10-4-2-5-11-19)20-12-6-3-7-13-20/h2-18,26H,1H3,(H2,30,31,33). The molecule has 2 N–H and O–H groups in total. The zero-order valence-electron chi connectivity index (χ0n) is 18.9. The van der Waals surface area contributed by atoms with Crippen molar-refractivity contribution in [1.82, 2.24) is 0 Å². The van der Waals surface area contributed by atoms with Crippen LogP contribution in [0.1, 0.15) is 27.6 Å². The van der Waals surface area contributed by atoms with Crippen molar-refractivity contribution in [3.05, 3.63) is 126 Å². The molecule has 6 nitrogen and oxygen atoms in total. The quantitative estimate of drug-likeness (QED) is 0.305. The van der Waals surface area contributed by atoms with Gasteiger partial charge in [-0.05, 0) is 41.5 Å². The van der Waals surface area contributed by atoms with Gasteiger partial charge in [-0.1, -0.05) is 72.8 Å². The SMILES string of the molecule is COC(=O)c1cc(NC(=O)Nc2ccccc2F)ccc1OC(c1ccccc1)c1ccccc1. The van der Waals surface area contributed by atoms with E-state index in [0.29, 0.717) is 5.69 Å². The molecule has 0 aliphatic rings. The molecule has 0 aromatic heterocycles. The third-order valence-corrected chi connectivity index (χ3v) is 5.21. The Kier molecular flexibility index (Phi) is 7.37. The van der Waals surface area contributed by atoms with E-state index < -0.39 is 23.9 Å². The van der Waals surface area contributed by atoms with Crippen LogP contribution >= 0.6 is 0 Å². The normalized spacial score (nSPS) is 10.5. The summed E-state index contributed by atoms with van der Waals surface area (Å²) >= 11 is 0. The van der Waals surface area contributed by atoms with E-state index >= 15 is 0 Å². The van der Waals surface area contributed by atoms with E-state index in [9.17, 15) is 14.0 Å². The molecule has 0 saturated heterocycles. The van der Waals surface area contributed by atoms with Crippen LogP contribution in [0.4, 0.5) is 20.6 Å². The molecular formula is C28H23FN2O4. The maximum atomic E-state index is 13.8. The van der Waals surface area contributed by atoms with Crippen molar-refractivity contribution in [2.45, 2.75) is 6.10 Å². The molecule has 4 rings (SSSR count). The molecule has 0 fully saturated rings. The lowest BCUT2D eigenvalue weighted by Gasteiger charge is -2.22. The highest BCUT2D eigenvalue weighted by Gasteiger charge is 2.21. The lowest BCUT2D eigenvalue weighted by atomic mass is 10.0. The molecule has 4 aromatic carbocycles. The molecule has 0 heterocycles. The molecule has 4 aromatic rings. The Morgan fingerprint density at radius 2 is 1.37 bits per heavy atom. The summed E-state index contributed by atoms with van der Waals surface area (Å²) in [5.41, 5.74) is 2.28. The molecule has 176 valence electrons. The molecule has 7 heteroatoms. The Morgan fingerprint density at radius 1 is 0.771 bits per heavy atom. The predicted molar refractivity (Wildman–Crippen MR) is 132 cm³/mol. The molecule has 0 atom stereocenters. The Morgan fingerprint density at radius 3 is 1.97 bits per heavy atom. The monoisotopic (exact) mass is 470 g/mol. The van der Waals surface area contributed by atoms with E-state index in [2.05, 4.69) is 10.6 Å². The minimum absolute atomic E-state index is 0.0340. The fourth-order valence-electron chi connectivity index (χ4n) is 3.54. The third-order valence-electron chi connectivity index (χ3n) is 5.21. The van der Waals surface area contributed by atoms with Crippen molar-refractivity contribution in [2.24, 2.45) is 0 Å². The molecule has 0 aliphatic carbocycles. The second kappa shape index (κ2) is 11.0. The number of anilines is 2. The number of rotatable bonds is 7. The highest BCUT2D eigenvalue weighted by Crippen LogP contribution is 2.32. The largest absolute Gasteiger partial charge is 0.480 e. The van der Waals surface area contributed by atoms with Crippen LogP contribution in [0.15, 0.2) is 103 Å². The van der Waals surface area contributed by atoms with Crippen LogP contribution in [0.25, 0.3) is 0 Å². The van der Waals surface area contributed by atoms with Gasteiger partial charge in [-0.15, -0.1) is 0 Å². The highest BCUT2D eigenvalue weighted by molar-refractivity contribution is 6.01. The minimum Gasteiger partial charge on any atom is -0.480 e. The van der Waals surface area contributed by atoms with Crippen molar-refractivity contribution >= 4 is 23.4 Å². The molecule has 0 radical (unpaired) electrons. The fraction of sp³-hybridized carbons (Fsp3) is 0.0714. The van der Waals surface area contributed by atoms with E-state index in [-0.39, 0.29) is 17.0 Å². The van der Waals surface area contributed by atoms with Gasteiger partial charge in [0.25, 0.3) is 0 Å². The van der Waals surface area contributed by atoms with Gasteiger partial charge in [0.15, 0.2) is 0 Å². The number of halogens is 1. The molecule has 35 heavy (non-hydrogen) atoms. The van der Waals surface area contributed by atoms with Crippen molar-refractivity contribution in [3.8, 4) is 5.75 Å². The summed E-state index contributed by atoms with van der Waals surface area (Å²) in [6.07, 6.45) is -0.482. The number of hydrogen-bond acceptors (Lipinski definition) is 4. The first-order valence-electron chi connectivity index (χ1n) is 10.9. The molecule has 0 unspecified atom stereocenters. The topological polar surface area (TPSA) is 76.7 Å². The van der Waals surface area contributed by atoms with Crippen LogP contribution < -0.4 is 15.4 Å². The molecule has 0 saturated carbocycles. The lowest BCUT2D eigenvalue weighted by Crippen LogP contribution is -2.20. The van der Waals surface area contributed by atoms with E-state index in [4.69, 9.17) is 9.47 Å². The molecular weight excluding hydrogens is 447 g/mol. The van der Waals surface area contributed by atoms with E-state index in [0.717, 1.165) is 11.1 Å². The average molecular weight is 471 g/mol. The van der Waals surface area contributed by atoms with E-state index in [1.807, 2.05) is 60.7 Å². The average Bonchev–Trinajstić information content (AvgIpc) is 2.89. The van der Waals surface area contributed by atoms with E-state index in [1.165, 1.54) is 31.4 Å². The van der Waals surface area contributed by atoms with Gasteiger partial charge in [0.1, 0.15) is 23.2 Å². The van der Waals surface area contributed by atoms with Gasteiger partial charge in [-0.3, -0.25) is 0 Å². The van der Waals surface area contributed by atoms with Crippen LogP contribution in [0, 0.1) is 5.82 Å². The number of esters is 1. The van der Waals surface area contributed by atoms with Gasteiger partial charge in [-0.25, -0.2) is 14.0 Å². The minimum atomic E-state index is -0.661. The van der Waals surface area contributed by atoms with Crippen molar-refractivity contribution in [1.29, 1.82) is 0 Å². The first kappa shape index (κ1) is 23.5. The van der Waals surface area contributed by atoms with Gasteiger partial charge < -0.3 is 20.1 Å².